The van der Waals surface area contributed by atoms with Crippen molar-refractivity contribution in [3.8, 4) is 0 Å². The Morgan fingerprint density at radius 1 is 1.13 bits per heavy atom. The number of rotatable bonds is 13. The van der Waals surface area contributed by atoms with Gasteiger partial charge in [0.05, 0.1) is 11.4 Å². The molecule has 3 N–H and O–H groups in total. The second kappa shape index (κ2) is 15.8. The van der Waals surface area contributed by atoms with E-state index in [-0.39, 0.29) is 6.10 Å². The standard InChI is InChI=1S/C31H48N4O3/c1-11-14-16-28(37-24-18-19-24)34-27(13-3)35-29(23(7)32)25(15-12-2)22(6)17-20-26(21(4)5)33-30(36)38-31(8,9)10/h13-14,16-17,20,24,32,35H,4,11-12,15,18-19H2,1-3,5-10H3,(H,33,36)/b16-14+,22-17+,26-20+,27-13+,29-25-,32-23?,34-28+. The van der Waals surface area contributed by atoms with Crippen LogP contribution in [0.5, 0.6) is 0 Å². The molecular formula is C31H48N4O3. The van der Waals surface area contributed by atoms with Gasteiger partial charge in [0.25, 0.3) is 0 Å². The zero-order chi connectivity index (χ0) is 28.9. The molecule has 210 valence electrons. The summed E-state index contributed by atoms with van der Waals surface area (Å²) in [6.45, 7) is 21.1. The number of amides is 1. The number of hydrogen-bond donors (Lipinski definition) is 3. The summed E-state index contributed by atoms with van der Waals surface area (Å²) in [5.74, 6) is 1.19. The molecule has 1 saturated carbocycles. The Morgan fingerprint density at radius 3 is 2.26 bits per heavy atom. The lowest BCUT2D eigenvalue weighted by atomic mass is 9.97. The van der Waals surface area contributed by atoms with Crippen molar-refractivity contribution >= 4 is 17.7 Å². The fraction of sp³-hybridized carbons (Fsp3) is 0.516. The van der Waals surface area contributed by atoms with Gasteiger partial charge in [0, 0.05) is 5.70 Å². The van der Waals surface area contributed by atoms with Crippen LogP contribution < -0.4 is 10.6 Å². The third-order valence-corrected chi connectivity index (χ3v) is 5.31. The van der Waals surface area contributed by atoms with Crippen LogP contribution in [0, 0.1) is 5.41 Å². The van der Waals surface area contributed by atoms with Crippen LogP contribution in [0.25, 0.3) is 0 Å². The highest BCUT2D eigenvalue weighted by Crippen LogP contribution is 2.25. The summed E-state index contributed by atoms with van der Waals surface area (Å²) >= 11 is 0. The maximum atomic E-state index is 12.3. The Morgan fingerprint density at radius 2 is 1.79 bits per heavy atom. The molecule has 0 bridgehead atoms. The number of alkyl carbamates (subject to hydrolysis) is 1. The molecule has 1 aliphatic rings. The van der Waals surface area contributed by atoms with Gasteiger partial charge in [-0.1, -0.05) is 39.0 Å². The summed E-state index contributed by atoms with van der Waals surface area (Å²) in [6, 6.07) is 0. The zero-order valence-corrected chi connectivity index (χ0v) is 24.9. The molecule has 38 heavy (non-hydrogen) atoms. The Hall–Kier alpha value is -3.35. The van der Waals surface area contributed by atoms with Gasteiger partial charge < -0.3 is 20.2 Å². The minimum atomic E-state index is -0.599. The molecule has 7 heteroatoms. The van der Waals surface area contributed by atoms with E-state index in [1.807, 2.05) is 71.9 Å². The molecule has 0 spiro atoms. The van der Waals surface area contributed by atoms with Crippen LogP contribution >= 0.6 is 0 Å². The normalized spacial score (nSPS) is 16.2. The molecule has 0 aromatic rings. The van der Waals surface area contributed by atoms with Crippen molar-refractivity contribution in [2.45, 2.75) is 106 Å². The molecule has 0 aromatic heterocycles. The van der Waals surface area contributed by atoms with Crippen molar-refractivity contribution in [2.75, 3.05) is 0 Å². The number of nitrogens with one attached hydrogen (secondary N) is 3. The van der Waals surface area contributed by atoms with E-state index in [1.54, 1.807) is 6.92 Å². The van der Waals surface area contributed by atoms with Gasteiger partial charge in [0.2, 0.25) is 5.90 Å². The number of ether oxygens (including phenoxy) is 2. The Labute approximate surface area is 230 Å². The average molecular weight is 525 g/mol. The molecule has 0 aromatic carbocycles. The highest BCUT2D eigenvalue weighted by Gasteiger charge is 2.24. The minimum absolute atomic E-state index is 0.234. The summed E-state index contributed by atoms with van der Waals surface area (Å²) < 4.78 is 11.4. The van der Waals surface area contributed by atoms with Crippen molar-refractivity contribution in [1.82, 2.24) is 10.6 Å². The number of carbonyl (C=O) groups excluding carboxylic acids is 1. The molecule has 0 aliphatic heterocycles. The number of carbonyl (C=O) groups is 1. The van der Waals surface area contributed by atoms with Gasteiger partial charge in [0.15, 0.2) is 0 Å². The van der Waals surface area contributed by atoms with Crippen LogP contribution in [0.15, 0.2) is 75.9 Å². The maximum Gasteiger partial charge on any atom is 0.412 e. The summed E-state index contributed by atoms with van der Waals surface area (Å²) in [7, 11) is 0. The predicted molar refractivity (Wildman–Crippen MR) is 159 cm³/mol. The minimum Gasteiger partial charge on any atom is -0.474 e. The van der Waals surface area contributed by atoms with Crippen LogP contribution in [0.4, 0.5) is 4.79 Å². The molecule has 1 amide bonds. The summed E-state index contributed by atoms with van der Waals surface area (Å²) in [5, 5.41) is 14.7. The van der Waals surface area contributed by atoms with Gasteiger partial charge in [-0.05, 0) is 109 Å². The van der Waals surface area contributed by atoms with Crippen LogP contribution in [0.2, 0.25) is 0 Å². The van der Waals surface area contributed by atoms with Crippen LogP contribution in [0.3, 0.4) is 0 Å². The second-order valence-electron chi connectivity index (χ2n) is 10.4. The number of allylic oxidation sites excluding steroid dienone is 8. The first kappa shape index (κ1) is 32.7. The monoisotopic (exact) mass is 524 g/mol. The van der Waals surface area contributed by atoms with Gasteiger partial charge >= 0.3 is 6.09 Å². The molecule has 1 fully saturated rings. The Bertz CT molecular complexity index is 1050. The molecule has 0 unspecified atom stereocenters. The van der Waals surface area contributed by atoms with Gasteiger partial charge in [-0.15, -0.1) is 0 Å². The lowest BCUT2D eigenvalue weighted by Crippen LogP contribution is -2.32. The molecule has 1 rings (SSSR count). The summed E-state index contributed by atoms with van der Waals surface area (Å²) in [6.07, 6.45) is 13.9. The van der Waals surface area contributed by atoms with Crippen LogP contribution in [-0.2, 0) is 9.47 Å². The smallest absolute Gasteiger partial charge is 0.412 e. The van der Waals surface area contributed by atoms with E-state index in [2.05, 4.69) is 31.1 Å². The summed E-state index contributed by atoms with van der Waals surface area (Å²) in [5.41, 5.74) is 3.74. The maximum absolute atomic E-state index is 12.3. The number of aliphatic imine (C=N–C) groups is 1. The van der Waals surface area contributed by atoms with E-state index in [9.17, 15) is 4.79 Å². The lowest BCUT2D eigenvalue weighted by molar-refractivity contribution is 0.0547. The molecule has 0 radical (unpaired) electrons. The van der Waals surface area contributed by atoms with Gasteiger partial charge in [0.1, 0.15) is 17.5 Å². The SMILES string of the molecule is C=C(C)\C(=C/C=C(C)/C(CCC)=C(\NC(=C/C)/N=C(\C=C\CC)OC1CC1)C(C)=N)NC(=O)OC(C)(C)C. The quantitative estimate of drug-likeness (QED) is 0.129. The van der Waals surface area contributed by atoms with Crippen molar-refractivity contribution in [3.05, 3.63) is 70.9 Å². The van der Waals surface area contributed by atoms with E-state index in [0.29, 0.717) is 34.4 Å². The molecule has 7 nitrogen and oxygen atoms in total. The summed E-state index contributed by atoms with van der Waals surface area (Å²) in [4.78, 5) is 17.0. The third-order valence-electron chi connectivity index (χ3n) is 5.31. The van der Waals surface area contributed by atoms with E-state index >= 15 is 0 Å². The fourth-order valence-corrected chi connectivity index (χ4v) is 3.27. The largest absolute Gasteiger partial charge is 0.474 e. The molecule has 0 saturated heterocycles. The topological polar surface area (TPSA) is 95.8 Å². The first-order valence-electron chi connectivity index (χ1n) is 13.5. The first-order valence-corrected chi connectivity index (χ1v) is 13.5. The van der Waals surface area contributed by atoms with Gasteiger partial charge in [-0.2, -0.15) is 4.99 Å². The van der Waals surface area contributed by atoms with E-state index in [4.69, 9.17) is 19.9 Å². The first-order chi connectivity index (χ1) is 17.8. The third kappa shape index (κ3) is 12.7. The van der Waals surface area contributed by atoms with Crippen LogP contribution in [0.1, 0.15) is 94.4 Å². The molecular weight excluding hydrogens is 476 g/mol. The van der Waals surface area contributed by atoms with Crippen molar-refractivity contribution < 1.29 is 14.3 Å². The molecule has 0 heterocycles. The number of hydrogen-bond acceptors (Lipinski definition) is 6. The van der Waals surface area contributed by atoms with Crippen molar-refractivity contribution in [1.29, 1.82) is 5.41 Å². The van der Waals surface area contributed by atoms with Gasteiger partial charge in [-0.25, -0.2) is 4.79 Å². The van der Waals surface area contributed by atoms with Gasteiger partial charge in [-0.3, -0.25) is 5.32 Å². The number of nitrogens with zero attached hydrogens (tertiary/aromatic N) is 1. The predicted octanol–water partition coefficient (Wildman–Crippen LogP) is 8.01. The highest BCUT2D eigenvalue weighted by atomic mass is 16.6. The van der Waals surface area contributed by atoms with Crippen molar-refractivity contribution in [2.24, 2.45) is 4.99 Å². The van der Waals surface area contributed by atoms with E-state index in [1.165, 1.54) is 0 Å². The fourth-order valence-electron chi connectivity index (χ4n) is 3.27. The Balaban J connectivity index is 3.39. The molecule has 0 atom stereocenters. The average Bonchev–Trinajstić information content (AvgIpc) is 3.63. The van der Waals surface area contributed by atoms with E-state index in [0.717, 1.165) is 43.3 Å². The lowest BCUT2D eigenvalue weighted by Gasteiger charge is -2.20. The highest BCUT2D eigenvalue weighted by molar-refractivity contribution is 5.97. The zero-order valence-electron chi connectivity index (χ0n) is 24.9. The van der Waals surface area contributed by atoms with Crippen LogP contribution in [-0.4, -0.2) is 29.4 Å². The second-order valence-corrected chi connectivity index (χ2v) is 10.4. The molecule has 1 aliphatic carbocycles. The van der Waals surface area contributed by atoms with E-state index < -0.39 is 11.7 Å². The Kier molecular flexibility index (Phi) is 13.6. The van der Waals surface area contributed by atoms with Crippen molar-refractivity contribution in [3.63, 3.8) is 0 Å².